The number of rotatable bonds is 6. The number of nitrogens with zero attached hydrogens (tertiary/aromatic N) is 1. The first-order valence-electron chi connectivity index (χ1n) is 8.25. The maximum Gasteiger partial charge on any atom is 0.225 e. The molecule has 1 aromatic rings. The molecule has 1 heterocycles. The van der Waals surface area contributed by atoms with Crippen LogP contribution >= 0.6 is 0 Å². The lowest BCUT2D eigenvalue weighted by Gasteiger charge is -2.34. The van der Waals surface area contributed by atoms with Crippen molar-refractivity contribution in [1.82, 2.24) is 4.90 Å². The van der Waals surface area contributed by atoms with Crippen LogP contribution in [0.4, 0.5) is 5.69 Å². The molecular formula is C18H28N2O3. The summed E-state index contributed by atoms with van der Waals surface area (Å²) in [4.78, 5) is 14.6. The van der Waals surface area contributed by atoms with E-state index in [4.69, 9.17) is 9.47 Å². The molecule has 128 valence electrons. The zero-order chi connectivity index (χ0) is 16.8. The smallest absolute Gasteiger partial charge is 0.225 e. The van der Waals surface area contributed by atoms with Gasteiger partial charge in [0.05, 0.1) is 14.2 Å². The van der Waals surface area contributed by atoms with Crippen LogP contribution in [0.1, 0.15) is 26.7 Å². The maximum atomic E-state index is 12.2. The normalized spacial score (nSPS) is 21.7. The van der Waals surface area contributed by atoms with Crippen molar-refractivity contribution in [2.75, 3.05) is 39.2 Å². The van der Waals surface area contributed by atoms with E-state index in [2.05, 4.69) is 24.1 Å². The molecule has 1 aromatic carbocycles. The lowest BCUT2D eigenvalue weighted by atomic mass is 9.92. The number of benzene rings is 1. The Balaban J connectivity index is 1.87. The molecule has 1 N–H and O–H groups in total. The number of methoxy groups -OCH3 is 2. The summed E-state index contributed by atoms with van der Waals surface area (Å²) in [6.45, 7) is 7.55. The maximum absolute atomic E-state index is 12.2. The highest BCUT2D eigenvalue weighted by Crippen LogP contribution is 2.26. The first-order chi connectivity index (χ1) is 11.0. The van der Waals surface area contributed by atoms with E-state index in [0.717, 1.165) is 19.6 Å². The molecule has 0 bridgehead atoms. The Bertz CT molecular complexity index is 501. The van der Waals surface area contributed by atoms with Gasteiger partial charge in [0.15, 0.2) is 0 Å². The van der Waals surface area contributed by atoms with Crippen molar-refractivity contribution >= 4 is 11.6 Å². The standard InChI is InChI=1S/C18H28N2O3/c1-13-7-14(2)12-20(11-13)6-5-18(21)19-15-8-16(22-3)10-17(9-15)23-4/h8-10,13-14H,5-7,11-12H2,1-4H3,(H,19,21)/t13-,14-/m0/s1. The highest BCUT2D eigenvalue weighted by Gasteiger charge is 2.21. The third-order valence-corrected chi connectivity index (χ3v) is 4.23. The van der Waals surface area contributed by atoms with Crippen molar-refractivity contribution in [3.8, 4) is 11.5 Å². The van der Waals surface area contributed by atoms with Crippen molar-refractivity contribution in [3.63, 3.8) is 0 Å². The molecule has 5 nitrogen and oxygen atoms in total. The zero-order valence-electron chi connectivity index (χ0n) is 14.6. The van der Waals surface area contributed by atoms with Gasteiger partial charge in [-0.2, -0.15) is 0 Å². The minimum Gasteiger partial charge on any atom is -0.497 e. The van der Waals surface area contributed by atoms with Gasteiger partial charge >= 0.3 is 0 Å². The van der Waals surface area contributed by atoms with Gasteiger partial charge in [-0.05, 0) is 18.3 Å². The van der Waals surface area contributed by atoms with E-state index in [1.807, 2.05) is 0 Å². The predicted molar refractivity (Wildman–Crippen MR) is 92.2 cm³/mol. The fraction of sp³-hybridized carbons (Fsp3) is 0.611. The molecule has 0 aromatic heterocycles. The van der Waals surface area contributed by atoms with E-state index < -0.39 is 0 Å². The summed E-state index contributed by atoms with van der Waals surface area (Å²) in [6, 6.07) is 5.38. The van der Waals surface area contributed by atoms with Gasteiger partial charge in [-0.15, -0.1) is 0 Å². The molecular weight excluding hydrogens is 292 g/mol. The molecule has 2 rings (SSSR count). The summed E-state index contributed by atoms with van der Waals surface area (Å²) in [6.07, 6.45) is 1.78. The van der Waals surface area contributed by atoms with Crippen LogP contribution in [0, 0.1) is 11.8 Å². The van der Waals surface area contributed by atoms with Gasteiger partial charge in [0, 0.05) is 49.9 Å². The lowest BCUT2D eigenvalue weighted by Crippen LogP contribution is -2.40. The van der Waals surface area contributed by atoms with Crippen molar-refractivity contribution in [2.45, 2.75) is 26.7 Å². The molecule has 23 heavy (non-hydrogen) atoms. The molecule has 0 spiro atoms. The first kappa shape index (κ1) is 17.6. The predicted octanol–water partition coefficient (Wildman–Crippen LogP) is 3.01. The summed E-state index contributed by atoms with van der Waals surface area (Å²) in [5.41, 5.74) is 0.701. The number of carbonyl (C=O) groups excluding carboxylic acids is 1. The second kappa shape index (κ2) is 8.20. The molecule has 1 aliphatic heterocycles. The van der Waals surface area contributed by atoms with E-state index in [-0.39, 0.29) is 5.91 Å². The van der Waals surface area contributed by atoms with Gasteiger partial charge < -0.3 is 19.7 Å². The molecule has 0 radical (unpaired) electrons. The number of nitrogens with one attached hydrogen (secondary N) is 1. The van der Waals surface area contributed by atoms with Crippen LogP contribution < -0.4 is 14.8 Å². The van der Waals surface area contributed by atoms with Gasteiger partial charge in [-0.1, -0.05) is 13.8 Å². The first-order valence-corrected chi connectivity index (χ1v) is 8.25. The number of ether oxygens (including phenoxy) is 2. The van der Waals surface area contributed by atoms with Crippen LogP contribution in [-0.4, -0.2) is 44.7 Å². The Labute approximate surface area is 139 Å². The Hall–Kier alpha value is -1.75. The van der Waals surface area contributed by atoms with Crippen molar-refractivity contribution < 1.29 is 14.3 Å². The highest BCUT2D eigenvalue weighted by atomic mass is 16.5. The third kappa shape index (κ3) is 5.43. The molecule has 0 unspecified atom stereocenters. The average Bonchev–Trinajstić information content (AvgIpc) is 2.51. The van der Waals surface area contributed by atoms with Crippen LogP contribution in [0.5, 0.6) is 11.5 Å². The lowest BCUT2D eigenvalue weighted by molar-refractivity contribution is -0.116. The quantitative estimate of drug-likeness (QED) is 0.875. The van der Waals surface area contributed by atoms with Gasteiger partial charge in [-0.25, -0.2) is 0 Å². The summed E-state index contributed by atoms with van der Waals surface area (Å²) in [5.74, 6) is 2.77. The minimum atomic E-state index is 0.0196. The molecule has 2 atom stereocenters. The molecule has 1 fully saturated rings. The van der Waals surface area contributed by atoms with E-state index in [1.54, 1.807) is 32.4 Å². The van der Waals surface area contributed by atoms with Gasteiger partial charge in [0.1, 0.15) is 11.5 Å². The summed E-state index contributed by atoms with van der Waals surface area (Å²) in [5, 5.41) is 2.93. The molecule has 1 aliphatic rings. The molecule has 1 saturated heterocycles. The topological polar surface area (TPSA) is 50.8 Å². The molecule has 1 amide bonds. The summed E-state index contributed by atoms with van der Waals surface area (Å²) < 4.78 is 10.4. The van der Waals surface area contributed by atoms with Crippen molar-refractivity contribution in [3.05, 3.63) is 18.2 Å². The van der Waals surface area contributed by atoms with E-state index in [1.165, 1.54) is 6.42 Å². The van der Waals surface area contributed by atoms with Crippen molar-refractivity contribution in [2.24, 2.45) is 11.8 Å². The Kier molecular flexibility index (Phi) is 6.28. The number of carbonyl (C=O) groups is 1. The number of amides is 1. The van der Waals surface area contributed by atoms with Gasteiger partial charge in [0.2, 0.25) is 5.91 Å². The zero-order valence-corrected chi connectivity index (χ0v) is 14.6. The SMILES string of the molecule is COc1cc(NC(=O)CCN2C[C@@H](C)C[C@H](C)C2)cc(OC)c1. The largest absolute Gasteiger partial charge is 0.497 e. The number of likely N-dealkylation sites (tertiary alicyclic amines) is 1. The van der Waals surface area contributed by atoms with Crippen LogP contribution in [0.15, 0.2) is 18.2 Å². The average molecular weight is 320 g/mol. The number of anilines is 1. The molecule has 0 saturated carbocycles. The molecule has 5 heteroatoms. The van der Waals surface area contributed by atoms with Crippen LogP contribution in [-0.2, 0) is 4.79 Å². The molecule has 0 aliphatic carbocycles. The van der Waals surface area contributed by atoms with Crippen LogP contribution in [0.3, 0.4) is 0 Å². The highest BCUT2D eigenvalue weighted by molar-refractivity contribution is 5.91. The summed E-state index contributed by atoms with van der Waals surface area (Å²) in [7, 11) is 3.19. The van der Waals surface area contributed by atoms with Gasteiger partial charge in [-0.3, -0.25) is 4.79 Å². The van der Waals surface area contributed by atoms with E-state index in [0.29, 0.717) is 35.4 Å². The minimum absolute atomic E-state index is 0.0196. The number of piperidine rings is 1. The van der Waals surface area contributed by atoms with E-state index in [9.17, 15) is 4.79 Å². The number of hydrogen-bond donors (Lipinski definition) is 1. The van der Waals surface area contributed by atoms with Gasteiger partial charge in [0.25, 0.3) is 0 Å². The monoisotopic (exact) mass is 320 g/mol. The summed E-state index contributed by atoms with van der Waals surface area (Å²) >= 11 is 0. The van der Waals surface area contributed by atoms with Crippen molar-refractivity contribution in [1.29, 1.82) is 0 Å². The Morgan fingerprint density at radius 3 is 2.22 bits per heavy atom. The van der Waals surface area contributed by atoms with Crippen LogP contribution in [0.25, 0.3) is 0 Å². The third-order valence-electron chi connectivity index (χ3n) is 4.23. The van der Waals surface area contributed by atoms with E-state index >= 15 is 0 Å². The van der Waals surface area contributed by atoms with Crippen LogP contribution in [0.2, 0.25) is 0 Å². The fourth-order valence-corrected chi connectivity index (χ4v) is 3.34. The second-order valence-corrected chi connectivity index (χ2v) is 6.61. The fourth-order valence-electron chi connectivity index (χ4n) is 3.34. The Morgan fingerprint density at radius 1 is 1.13 bits per heavy atom. The Morgan fingerprint density at radius 2 is 1.70 bits per heavy atom. The number of hydrogen-bond acceptors (Lipinski definition) is 4. The second-order valence-electron chi connectivity index (χ2n) is 6.61.